The second-order valence-corrected chi connectivity index (χ2v) is 9.23. The Bertz CT molecular complexity index is 771. The fourth-order valence-corrected chi connectivity index (χ4v) is 6.91. The van der Waals surface area contributed by atoms with Gasteiger partial charge >= 0.3 is 0 Å². The van der Waals surface area contributed by atoms with Crippen LogP contribution in [0.4, 0.5) is 5.69 Å². The molecule has 0 radical (unpaired) electrons. The molecule has 0 aromatic heterocycles. The van der Waals surface area contributed by atoms with Crippen LogP contribution in [0.25, 0.3) is 0 Å². The number of fused-ring (bicyclic) bond motifs is 1. The molecule has 0 spiro atoms. The van der Waals surface area contributed by atoms with E-state index in [1.54, 1.807) is 0 Å². The zero-order chi connectivity index (χ0) is 16.1. The molecule has 1 aromatic carbocycles. The summed E-state index contributed by atoms with van der Waals surface area (Å²) in [4.78, 5) is 17.5. The summed E-state index contributed by atoms with van der Waals surface area (Å²) in [5.74, 6) is 0.0101. The summed E-state index contributed by atoms with van der Waals surface area (Å²) in [6, 6.07) is 5.91. The fraction of sp³-hybridized carbons (Fsp3) is 0.467. The minimum atomic E-state index is -3.02. The first-order valence-corrected chi connectivity index (χ1v) is 9.80. The van der Waals surface area contributed by atoms with E-state index in [1.807, 2.05) is 36.9 Å². The van der Waals surface area contributed by atoms with Gasteiger partial charge in [-0.05, 0) is 31.0 Å². The molecule has 0 bridgehead atoms. The van der Waals surface area contributed by atoms with Gasteiger partial charge in [0.2, 0.25) is 5.91 Å². The normalized spacial score (nSPS) is 28.1. The van der Waals surface area contributed by atoms with E-state index in [4.69, 9.17) is 0 Å². The second-order valence-electron chi connectivity index (χ2n) is 5.87. The average Bonchev–Trinajstić information content (AvgIpc) is 2.83. The van der Waals surface area contributed by atoms with Gasteiger partial charge in [0.05, 0.1) is 17.5 Å². The van der Waals surface area contributed by atoms with Crippen molar-refractivity contribution in [3.8, 4) is 0 Å². The van der Waals surface area contributed by atoms with Gasteiger partial charge in [-0.15, -0.1) is 0 Å². The van der Waals surface area contributed by atoms with E-state index in [0.29, 0.717) is 5.17 Å². The number of hydrogen-bond donors (Lipinski definition) is 0. The summed E-state index contributed by atoms with van der Waals surface area (Å²) in [5, 5.41) is 0.564. The van der Waals surface area contributed by atoms with Crippen LogP contribution in [0.15, 0.2) is 23.2 Å². The number of hydrogen-bond acceptors (Lipinski definition) is 4. The van der Waals surface area contributed by atoms with E-state index < -0.39 is 9.84 Å². The number of sulfone groups is 1. The van der Waals surface area contributed by atoms with Gasteiger partial charge in [0, 0.05) is 17.9 Å². The molecular formula is C15H18N2O3S2. The van der Waals surface area contributed by atoms with Crippen molar-refractivity contribution in [3.63, 3.8) is 0 Å². The molecule has 118 valence electrons. The Kier molecular flexibility index (Phi) is 3.81. The number of nitrogens with zero attached hydrogens (tertiary/aromatic N) is 2. The molecule has 2 heterocycles. The van der Waals surface area contributed by atoms with Crippen LogP contribution in [0.5, 0.6) is 0 Å². The molecular weight excluding hydrogens is 320 g/mol. The minimum Gasteiger partial charge on any atom is -0.315 e. The topological polar surface area (TPSA) is 66.8 Å². The van der Waals surface area contributed by atoms with Crippen LogP contribution >= 0.6 is 11.8 Å². The lowest BCUT2D eigenvalue weighted by Crippen LogP contribution is -2.38. The van der Waals surface area contributed by atoms with Gasteiger partial charge in [0.15, 0.2) is 15.0 Å². The Morgan fingerprint density at radius 2 is 2.05 bits per heavy atom. The smallest absolute Gasteiger partial charge is 0.244 e. The molecule has 0 N–H and O–H groups in total. The van der Waals surface area contributed by atoms with Crippen LogP contribution in [0.2, 0.25) is 0 Å². The van der Waals surface area contributed by atoms with Crippen molar-refractivity contribution in [3.05, 3.63) is 29.3 Å². The average molecular weight is 338 g/mol. The van der Waals surface area contributed by atoms with Gasteiger partial charge in [0.1, 0.15) is 0 Å². The molecule has 2 aliphatic rings. The molecule has 0 unspecified atom stereocenters. The molecule has 0 saturated carbocycles. The number of carbonyl (C=O) groups is 1. The Hall–Kier alpha value is -1.34. The van der Waals surface area contributed by atoms with Crippen molar-refractivity contribution in [2.75, 3.05) is 16.4 Å². The molecule has 1 aromatic rings. The van der Waals surface area contributed by atoms with Crippen LogP contribution in [-0.2, 0) is 14.6 Å². The van der Waals surface area contributed by atoms with Gasteiger partial charge in [-0.25, -0.2) is 8.42 Å². The number of rotatable bonds is 1. The lowest BCUT2D eigenvalue weighted by atomic mass is 10.1. The highest BCUT2D eigenvalue weighted by molar-refractivity contribution is 8.16. The Balaban J connectivity index is 2.10. The van der Waals surface area contributed by atoms with Crippen molar-refractivity contribution in [2.45, 2.75) is 32.1 Å². The number of benzene rings is 1. The Morgan fingerprint density at radius 1 is 1.32 bits per heavy atom. The first-order valence-electron chi connectivity index (χ1n) is 7.10. The molecule has 22 heavy (non-hydrogen) atoms. The summed E-state index contributed by atoms with van der Waals surface area (Å²) in [5.41, 5.74) is 3.08. The maximum Gasteiger partial charge on any atom is 0.244 e. The number of aliphatic imine (C=N–C) groups is 1. The molecule has 2 aliphatic heterocycles. The third kappa shape index (κ3) is 2.79. The summed E-state index contributed by atoms with van der Waals surface area (Å²) < 4.78 is 23.9. The van der Waals surface area contributed by atoms with Crippen LogP contribution in [0.1, 0.15) is 18.1 Å². The fourth-order valence-electron chi connectivity index (χ4n) is 2.96. The van der Waals surface area contributed by atoms with Crippen molar-refractivity contribution in [1.29, 1.82) is 0 Å². The predicted octanol–water partition coefficient (Wildman–Crippen LogP) is 1.92. The maximum atomic E-state index is 12.0. The third-order valence-corrected chi connectivity index (χ3v) is 7.15. The lowest BCUT2D eigenvalue weighted by Gasteiger charge is -2.26. The number of carbonyl (C=O) groups excluding carboxylic acids is 1. The summed E-state index contributed by atoms with van der Waals surface area (Å²) >= 11 is 1.41. The van der Waals surface area contributed by atoms with Crippen LogP contribution < -0.4 is 4.90 Å². The lowest BCUT2D eigenvalue weighted by molar-refractivity contribution is -0.115. The van der Waals surface area contributed by atoms with Crippen molar-refractivity contribution >= 4 is 38.4 Å². The van der Waals surface area contributed by atoms with E-state index in [9.17, 15) is 13.2 Å². The third-order valence-electron chi connectivity index (χ3n) is 3.94. The van der Waals surface area contributed by atoms with E-state index in [0.717, 1.165) is 16.8 Å². The zero-order valence-electron chi connectivity index (χ0n) is 12.7. The molecule has 7 heteroatoms. The molecule has 0 aliphatic carbocycles. The quantitative estimate of drug-likeness (QED) is 0.783. The first kappa shape index (κ1) is 15.6. The van der Waals surface area contributed by atoms with Gasteiger partial charge in [-0.3, -0.25) is 4.79 Å². The Labute approximate surface area is 134 Å². The number of aryl methyl sites for hydroxylation is 2. The highest BCUT2D eigenvalue weighted by atomic mass is 32.2. The molecule has 2 fully saturated rings. The second kappa shape index (κ2) is 5.38. The molecule has 5 nitrogen and oxygen atoms in total. The largest absolute Gasteiger partial charge is 0.315 e. The molecule has 3 rings (SSSR count). The zero-order valence-corrected chi connectivity index (χ0v) is 14.4. The van der Waals surface area contributed by atoms with Crippen molar-refractivity contribution in [2.24, 2.45) is 4.99 Å². The highest BCUT2D eigenvalue weighted by Crippen LogP contribution is 2.42. The predicted molar refractivity (Wildman–Crippen MR) is 90.3 cm³/mol. The number of amides is 1. The standard InChI is InChI=1S/C15H18N2O3S2/c1-9-4-5-10(2)12(6-9)17-13-7-22(19,20)8-14(13)21-15(17)16-11(3)18/h4-6,13-14H,7-8H2,1-3H3/t13-,14-/m0/s1. The van der Waals surface area contributed by atoms with Crippen molar-refractivity contribution < 1.29 is 13.2 Å². The number of thioether (sulfide) groups is 1. The van der Waals surface area contributed by atoms with Gasteiger partial charge in [0.25, 0.3) is 0 Å². The first-order chi connectivity index (χ1) is 10.3. The van der Waals surface area contributed by atoms with Crippen molar-refractivity contribution in [1.82, 2.24) is 0 Å². The summed E-state index contributed by atoms with van der Waals surface area (Å²) in [7, 11) is -3.02. The number of anilines is 1. The van der Waals surface area contributed by atoms with E-state index >= 15 is 0 Å². The summed E-state index contributed by atoms with van der Waals surface area (Å²) in [6.07, 6.45) is 0. The Morgan fingerprint density at radius 3 is 2.73 bits per heavy atom. The SMILES string of the molecule is CC(=O)N=C1S[C@H]2CS(=O)(=O)C[C@@H]2N1c1cc(C)ccc1C. The summed E-state index contributed by atoms with van der Waals surface area (Å²) in [6.45, 7) is 5.40. The van der Waals surface area contributed by atoms with E-state index in [-0.39, 0.29) is 28.7 Å². The van der Waals surface area contributed by atoms with Gasteiger partial charge in [-0.2, -0.15) is 4.99 Å². The number of amidine groups is 1. The van der Waals surface area contributed by atoms with Crippen LogP contribution in [0, 0.1) is 13.8 Å². The van der Waals surface area contributed by atoms with Crippen LogP contribution in [-0.4, -0.2) is 42.3 Å². The van der Waals surface area contributed by atoms with Gasteiger partial charge in [-0.1, -0.05) is 23.9 Å². The maximum absolute atomic E-state index is 12.0. The van der Waals surface area contributed by atoms with E-state index in [2.05, 4.69) is 4.99 Å². The van der Waals surface area contributed by atoms with E-state index in [1.165, 1.54) is 18.7 Å². The molecule has 2 atom stereocenters. The molecule has 1 amide bonds. The van der Waals surface area contributed by atoms with Gasteiger partial charge < -0.3 is 4.90 Å². The van der Waals surface area contributed by atoms with Crippen LogP contribution in [0.3, 0.4) is 0 Å². The highest BCUT2D eigenvalue weighted by Gasteiger charge is 2.49. The monoisotopic (exact) mass is 338 g/mol. The minimum absolute atomic E-state index is 0.0528. The molecule has 2 saturated heterocycles.